The third kappa shape index (κ3) is 2.11. The van der Waals surface area contributed by atoms with Gasteiger partial charge in [0.1, 0.15) is 0 Å². The molecule has 2 saturated carbocycles. The van der Waals surface area contributed by atoms with Crippen molar-refractivity contribution in [3.8, 4) is 0 Å². The summed E-state index contributed by atoms with van der Waals surface area (Å²) in [6.07, 6.45) is 5.02. The van der Waals surface area contributed by atoms with E-state index in [1.165, 1.54) is 19.3 Å². The van der Waals surface area contributed by atoms with Crippen molar-refractivity contribution in [2.45, 2.75) is 25.7 Å². The third-order valence-electron chi connectivity index (χ3n) is 3.78. The van der Waals surface area contributed by atoms with Crippen LogP contribution in [0.4, 0.5) is 0 Å². The molecule has 3 atom stereocenters. The van der Waals surface area contributed by atoms with Crippen LogP contribution in [-0.4, -0.2) is 26.5 Å². The van der Waals surface area contributed by atoms with Crippen LogP contribution in [0.5, 0.6) is 0 Å². The van der Waals surface area contributed by atoms with Gasteiger partial charge in [-0.2, -0.15) is 0 Å². The Kier molecular flexibility index (Phi) is 2.84. The van der Waals surface area contributed by atoms with Gasteiger partial charge in [-0.1, -0.05) is 6.42 Å². The van der Waals surface area contributed by atoms with Gasteiger partial charge in [0.05, 0.1) is 11.5 Å². The second kappa shape index (κ2) is 3.81. The first-order valence-electron chi connectivity index (χ1n) is 5.51. The predicted octanol–water partition coefficient (Wildman–Crippen LogP) is 0.796. The Morgan fingerprint density at radius 2 is 2.00 bits per heavy atom. The zero-order valence-corrected chi connectivity index (χ0v) is 9.30. The van der Waals surface area contributed by atoms with Crippen LogP contribution >= 0.6 is 0 Å². The molecule has 0 saturated heterocycles. The summed E-state index contributed by atoms with van der Waals surface area (Å²) >= 11 is 0. The van der Waals surface area contributed by atoms with Crippen molar-refractivity contribution < 1.29 is 8.42 Å². The minimum Gasteiger partial charge on any atom is -0.329 e. The minimum atomic E-state index is -2.86. The topological polar surface area (TPSA) is 60.2 Å². The van der Waals surface area contributed by atoms with Crippen LogP contribution in [0.25, 0.3) is 0 Å². The lowest BCUT2D eigenvalue weighted by molar-refractivity contribution is 0.360. The van der Waals surface area contributed by atoms with E-state index in [0.29, 0.717) is 17.6 Å². The maximum Gasteiger partial charge on any atom is 0.151 e. The average Bonchev–Trinajstić information content (AvgIpc) is 2.63. The molecule has 0 heterocycles. The van der Waals surface area contributed by atoms with Gasteiger partial charge in [0.2, 0.25) is 0 Å². The van der Waals surface area contributed by atoms with Crippen molar-refractivity contribution >= 4 is 9.84 Å². The summed E-state index contributed by atoms with van der Waals surface area (Å²) < 4.78 is 23.2. The van der Waals surface area contributed by atoms with E-state index in [1.807, 2.05) is 0 Å². The Hall–Kier alpha value is -0.0900. The molecular weight excluding hydrogens is 198 g/mol. The lowest BCUT2D eigenvalue weighted by Gasteiger charge is -2.21. The molecule has 2 bridgehead atoms. The Morgan fingerprint density at radius 3 is 2.50 bits per heavy atom. The SMILES string of the molecule is NCCS(=O)(=O)CC1CC2CCC1C2. The Labute approximate surface area is 86.0 Å². The van der Waals surface area contributed by atoms with Gasteiger partial charge in [-0.25, -0.2) is 8.42 Å². The molecule has 3 unspecified atom stereocenters. The fourth-order valence-corrected chi connectivity index (χ4v) is 4.76. The summed E-state index contributed by atoms with van der Waals surface area (Å²) in [7, 11) is -2.86. The molecule has 2 fully saturated rings. The number of nitrogens with two attached hydrogens (primary N) is 1. The molecule has 0 aromatic rings. The van der Waals surface area contributed by atoms with E-state index in [-0.39, 0.29) is 12.3 Å². The highest BCUT2D eigenvalue weighted by Gasteiger charge is 2.40. The van der Waals surface area contributed by atoms with Crippen molar-refractivity contribution in [1.29, 1.82) is 0 Å². The monoisotopic (exact) mass is 217 g/mol. The van der Waals surface area contributed by atoms with Gasteiger partial charge in [-0.05, 0) is 37.0 Å². The Morgan fingerprint density at radius 1 is 1.21 bits per heavy atom. The van der Waals surface area contributed by atoms with Crippen molar-refractivity contribution in [3.05, 3.63) is 0 Å². The van der Waals surface area contributed by atoms with Crippen LogP contribution in [0.1, 0.15) is 25.7 Å². The quantitative estimate of drug-likeness (QED) is 0.757. The smallest absolute Gasteiger partial charge is 0.151 e. The minimum absolute atomic E-state index is 0.168. The lowest BCUT2D eigenvalue weighted by atomic mass is 9.90. The van der Waals surface area contributed by atoms with Crippen molar-refractivity contribution in [3.63, 3.8) is 0 Å². The zero-order valence-electron chi connectivity index (χ0n) is 8.48. The van der Waals surface area contributed by atoms with Gasteiger partial charge in [0, 0.05) is 6.54 Å². The fourth-order valence-electron chi connectivity index (χ4n) is 3.17. The van der Waals surface area contributed by atoms with E-state index in [1.54, 1.807) is 0 Å². The lowest BCUT2D eigenvalue weighted by Crippen LogP contribution is -2.26. The highest BCUT2D eigenvalue weighted by molar-refractivity contribution is 7.91. The van der Waals surface area contributed by atoms with E-state index in [2.05, 4.69) is 0 Å². The van der Waals surface area contributed by atoms with Crippen molar-refractivity contribution in [2.24, 2.45) is 23.5 Å². The molecule has 82 valence electrons. The average molecular weight is 217 g/mol. The molecule has 0 aromatic carbocycles. The molecule has 0 spiro atoms. The van der Waals surface area contributed by atoms with E-state index in [9.17, 15) is 8.42 Å². The molecule has 2 aliphatic rings. The maximum absolute atomic E-state index is 11.6. The first-order valence-corrected chi connectivity index (χ1v) is 7.33. The molecule has 0 aromatic heterocycles. The van der Waals surface area contributed by atoms with Gasteiger partial charge in [0.25, 0.3) is 0 Å². The van der Waals surface area contributed by atoms with Crippen LogP contribution in [0.3, 0.4) is 0 Å². The maximum atomic E-state index is 11.6. The normalized spacial score (nSPS) is 36.5. The van der Waals surface area contributed by atoms with Gasteiger partial charge in [-0.15, -0.1) is 0 Å². The summed E-state index contributed by atoms with van der Waals surface area (Å²) in [5, 5.41) is 0. The highest BCUT2D eigenvalue weighted by Crippen LogP contribution is 2.48. The Bertz CT molecular complexity index is 299. The molecule has 2 N–H and O–H groups in total. The number of rotatable bonds is 4. The molecular formula is C10H19NO2S. The van der Waals surface area contributed by atoms with Crippen LogP contribution in [0.15, 0.2) is 0 Å². The highest BCUT2D eigenvalue weighted by atomic mass is 32.2. The molecule has 0 aliphatic heterocycles. The number of hydrogen-bond donors (Lipinski definition) is 1. The second-order valence-electron chi connectivity index (χ2n) is 4.84. The largest absolute Gasteiger partial charge is 0.329 e. The van der Waals surface area contributed by atoms with E-state index in [4.69, 9.17) is 5.73 Å². The van der Waals surface area contributed by atoms with Crippen LogP contribution < -0.4 is 5.73 Å². The van der Waals surface area contributed by atoms with Gasteiger partial charge >= 0.3 is 0 Å². The molecule has 4 heteroatoms. The molecule has 14 heavy (non-hydrogen) atoms. The summed E-state index contributed by atoms with van der Waals surface area (Å²) in [5.41, 5.74) is 5.29. The molecule has 0 radical (unpaired) electrons. The van der Waals surface area contributed by atoms with Gasteiger partial charge < -0.3 is 5.73 Å². The second-order valence-corrected chi connectivity index (χ2v) is 7.07. The fraction of sp³-hybridized carbons (Fsp3) is 1.00. The van der Waals surface area contributed by atoms with Gasteiger partial charge in [-0.3, -0.25) is 0 Å². The van der Waals surface area contributed by atoms with Crippen LogP contribution in [-0.2, 0) is 9.84 Å². The van der Waals surface area contributed by atoms with Gasteiger partial charge in [0.15, 0.2) is 9.84 Å². The van der Waals surface area contributed by atoms with Crippen molar-refractivity contribution in [1.82, 2.24) is 0 Å². The van der Waals surface area contributed by atoms with E-state index >= 15 is 0 Å². The molecule has 2 aliphatic carbocycles. The zero-order chi connectivity index (χ0) is 10.2. The molecule has 2 rings (SSSR count). The first kappa shape index (κ1) is 10.4. The number of fused-ring (bicyclic) bond motifs is 2. The number of hydrogen-bond acceptors (Lipinski definition) is 3. The molecule has 3 nitrogen and oxygen atoms in total. The van der Waals surface area contributed by atoms with E-state index in [0.717, 1.165) is 12.3 Å². The first-order chi connectivity index (χ1) is 6.61. The van der Waals surface area contributed by atoms with Crippen LogP contribution in [0.2, 0.25) is 0 Å². The number of sulfone groups is 1. The summed E-state index contributed by atoms with van der Waals surface area (Å²) in [6.45, 7) is 0.267. The standard InChI is InChI=1S/C10H19NO2S/c11-3-4-14(12,13)7-10-6-8-1-2-9(10)5-8/h8-10H,1-7,11H2. The van der Waals surface area contributed by atoms with Crippen molar-refractivity contribution in [2.75, 3.05) is 18.1 Å². The third-order valence-corrected chi connectivity index (χ3v) is 5.58. The summed E-state index contributed by atoms with van der Waals surface area (Å²) in [6, 6.07) is 0. The Balaban J connectivity index is 1.92. The molecule has 0 amide bonds. The summed E-state index contributed by atoms with van der Waals surface area (Å²) in [5.74, 6) is 2.54. The van der Waals surface area contributed by atoms with Crippen LogP contribution in [0, 0.1) is 17.8 Å². The summed E-state index contributed by atoms with van der Waals surface area (Å²) in [4.78, 5) is 0. The predicted molar refractivity (Wildman–Crippen MR) is 56.6 cm³/mol. The van der Waals surface area contributed by atoms with E-state index < -0.39 is 9.84 Å².